The Morgan fingerprint density at radius 1 is 1.55 bits per heavy atom. The third kappa shape index (κ3) is 2.21. The van der Waals surface area contributed by atoms with Crippen molar-refractivity contribution < 1.29 is 9.53 Å². The minimum Gasteiger partial charge on any atom is -0.369 e. The van der Waals surface area contributed by atoms with E-state index in [4.69, 9.17) is 16.3 Å². The first-order valence-electron chi connectivity index (χ1n) is 7.86. The van der Waals surface area contributed by atoms with Gasteiger partial charge in [-0.1, -0.05) is 11.6 Å². The molecular formula is C16H21ClN2O2S. The average Bonchev–Trinajstić information content (AvgIpc) is 3.18. The largest absolute Gasteiger partial charge is 0.369 e. The van der Waals surface area contributed by atoms with Crippen LogP contribution in [0.2, 0.25) is 4.34 Å². The smallest absolute Gasteiger partial charge is 0.264 e. The van der Waals surface area contributed by atoms with Gasteiger partial charge in [0.1, 0.15) is 0 Å². The van der Waals surface area contributed by atoms with E-state index in [1.165, 1.54) is 11.3 Å². The zero-order valence-corrected chi connectivity index (χ0v) is 14.5. The number of nitrogens with zero attached hydrogens (tertiary/aromatic N) is 2. The standard InChI is InChI=1S/C16H21ClN2O2S/c1-18(2)7-10-11-8-19(9-16(11)6-5-12(10)21-16)15(20)13-3-4-14(17)22-13/h3-4,10-12H,5-9H2,1-2H3/t10-,11+,12+,16+/m0/s1. The third-order valence-electron chi connectivity index (χ3n) is 5.43. The van der Waals surface area contributed by atoms with Gasteiger partial charge in [0.2, 0.25) is 0 Å². The molecule has 0 N–H and O–H groups in total. The number of hydrogen-bond donors (Lipinski definition) is 0. The first-order chi connectivity index (χ1) is 10.5. The molecule has 4 rings (SSSR count). The van der Waals surface area contributed by atoms with Gasteiger partial charge in [0.15, 0.2) is 0 Å². The molecule has 4 nitrogen and oxygen atoms in total. The maximum Gasteiger partial charge on any atom is 0.264 e. The molecule has 0 unspecified atom stereocenters. The maximum absolute atomic E-state index is 12.7. The zero-order chi connectivity index (χ0) is 15.5. The summed E-state index contributed by atoms with van der Waals surface area (Å²) in [5, 5.41) is 0. The Bertz CT molecular complexity index is 605. The topological polar surface area (TPSA) is 32.8 Å². The Morgan fingerprint density at radius 3 is 3.05 bits per heavy atom. The van der Waals surface area contributed by atoms with Crippen molar-refractivity contribution in [3.8, 4) is 0 Å². The Balaban J connectivity index is 1.54. The van der Waals surface area contributed by atoms with Crippen LogP contribution in [0.1, 0.15) is 22.5 Å². The minimum atomic E-state index is -0.0813. The van der Waals surface area contributed by atoms with Gasteiger partial charge >= 0.3 is 0 Å². The Morgan fingerprint density at radius 2 is 2.36 bits per heavy atom. The van der Waals surface area contributed by atoms with E-state index in [9.17, 15) is 4.79 Å². The minimum absolute atomic E-state index is 0.0813. The van der Waals surface area contributed by atoms with Crippen molar-refractivity contribution in [2.75, 3.05) is 33.7 Å². The molecule has 4 heterocycles. The van der Waals surface area contributed by atoms with Gasteiger partial charge in [0, 0.05) is 24.9 Å². The summed E-state index contributed by atoms with van der Waals surface area (Å²) >= 11 is 7.33. The summed E-state index contributed by atoms with van der Waals surface area (Å²) in [5.74, 6) is 1.14. The molecule has 3 aliphatic heterocycles. The van der Waals surface area contributed by atoms with Crippen LogP contribution in [0.4, 0.5) is 0 Å². The van der Waals surface area contributed by atoms with E-state index in [1.54, 1.807) is 6.07 Å². The lowest BCUT2D eigenvalue weighted by Gasteiger charge is -2.30. The number of thiophene rings is 1. The van der Waals surface area contributed by atoms with Crippen molar-refractivity contribution in [1.29, 1.82) is 0 Å². The second-order valence-electron chi connectivity index (χ2n) is 7.08. The van der Waals surface area contributed by atoms with E-state index in [2.05, 4.69) is 19.0 Å². The number of likely N-dealkylation sites (tertiary alicyclic amines) is 1. The van der Waals surface area contributed by atoms with Gasteiger partial charge in [0.25, 0.3) is 5.91 Å². The SMILES string of the molecule is CN(C)C[C@H]1[C@H]2CN(C(=O)c3ccc(Cl)s3)C[C@]23CC[C@H]1O3. The van der Waals surface area contributed by atoms with Gasteiger partial charge in [-0.2, -0.15) is 0 Å². The number of halogens is 1. The molecule has 120 valence electrons. The van der Waals surface area contributed by atoms with Crippen LogP contribution in [-0.2, 0) is 4.74 Å². The lowest BCUT2D eigenvalue weighted by atomic mass is 9.73. The van der Waals surface area contributed by atoms with E-state index in [1.807, 2.05) is 11.0 Å². The average molecular weight is 341 g/mol. The number of carbonyl (C=O) groups excluding carboxylic acids is 1. The molecule has 2 bridgehead atoms. The summed E-state index contributed by atoms with van der Waals surface area (Å²) in [6, 6.07) is 3.63. The van der Waals surface area contributed by atoms with Gasteiger partial charge in [-0.25, -0.2) is 0 Å². The Labute approximate surface area is 140 Å². The molecule has 0 aromatic carbocycles. The highest BCUT2D eigenvalue weighted by molar-refractivity contribution is 7.17. The van der Waals surface area contributed by atoms with Crippen LogP contribution in [0.15, 0.2) is 12.1 Å². The molecule has 1 aromatic rings. The molecule has 0 saturated carbocycles. The number of rotatable bonds is 3. The molecule has 6 heteroatoms. The van der Waals surface area contributed by atoms with Crippen LogP contribution < -0.4 is 0 Å². The number of hydrogen-bond acceptors (Lipinski definition) is 4. The summed E-state index contributed by atoms with van der Waals surface area (Å²) in [6.07, 6.45) is 2.63. The maximum atomic E-state index is 12.7. The predicted molar refractivity (Wildman–Crippen MR) is 87.6 cm³/mol. The van der Waals surface area contributed by atoms with Gasteiger partial charge in [0.05, 0.1) is 27.5 Å². The van der Waals surface area contributed by atoms with Crippen LogP contribution in [0.25, 0.3) is 0 Å². The molecule has 4 atom stereocenters. The summed E-state index contributed by atoms with van der Waals surface area (Å²) in [4.78, 5) is 17.7. The highest BCUT2D eigenvalue weighted by Gasteiger charge is 2.63. The quantitative estimate of drug-likeness (QED) is 0.848. The van der Waals surface area contributed by atoms with Crippen LogP contribution in [0, 0.1) is 11.8 Å². The Hall–Kier alpha value is -0.620. The van der Waals surface area contributed by atoms with Crippen LogP contribution in [-0.4, -0.2) is 61.1 Å². The first kappa shape index (κ1) is 14.9. The highest BCUT2D eigenvalue weighted by atomic mass is 35.5. The molecular weight excluding hydrogens is 320 g/mol. The van der Waals surface area contributed by atoms with Crippen molar-refractivity contribution in [2.24, 2.45) is 11.8 Å². The predicted octanol–water partition coefficient (Wildman–Crippen LogP) is 2.58. The highest BCUT2D eigenvalue weighted by Crippen LogP contribution is 2.55. The van der Waals surface area contributed by atoms with E-state index in [-0.39, 0.29) is 11.5 Å². The summed E-state index contributed by atoms with van der Waals surface area (Å²) in [7, 11) is 4.23. The van der Waals surface area contributed by atoms with Crippen molar-refractivity contribution in [2.45, 2.75) is 24.5 Å². The van der Waals surface area contributed by atoms with Crippen LogP contribution in [0.3, 0.4) is 0 Å². The number of fused-ring (bicyclic) bond motifs is 1. The second kappa shape index (κ2) is 5.20. The molecule has 1 aromatic heterocycles. The number of amides is 1. The van der Waals surface area contributed by atoms with Crippen LogP contribution in [0.5, 0.6) is 0 Å². The molecule has 1 spiro atoms. The van der Waals surface area contributed by atoms with Crippen molar-refractivity contribution in [1.82, 2.24) is 9.80 Å². The monoisotopic (exact) mass is 340 g/mol. The van der Waals surface area contributed by atoms with Gasteiger partial charge in [-0.3, -0.25) is 4.79 Å². The lowest BCUT2D eigenvalue weighted by Crippen LogP contribution is -2.40. The summed E-state index contributed by atoms with van der Waals surface area (Å²) in [5.41, 5.74) is -0.0813. The summed E-state index contributed by atoms with van der Waals surface area (Å²) in [6.45, 7) is 2.61. The van der Waals surface area contributed by atoms with E-state index < -0.39 is 0 Å². The third-order valence-corrected chi connectivity index (χ3v) is 6.65. The second-order valence-corrected chi connectivity index (χ2v) is 8.80. The number of ether oxygens (including phenoxy) is 1. The summed E-state index contributed by atoms with van der Waals surface area (Å²) < 4.78 is 7.05. The molecule has 3 aliphatic rings. The molecule has 22 heavy (non-hydrogen) atoms. The van der Waals surface area contributed by atoms with Gasteiger partial charge in [-0.05, 0) is 39.1 Å². The molecule has 3 saturated heterocycles. The fourth-order valence-corrected chi connectivity index (χ4v) is 5.61. The van der Waals surface area contributed by atoms with Crippen molar-refractivity contribution >= 4 is 28.8 Å². The lowest BCUT2D eigenvalue weighted by molar-refractivity contribution is 0.00261. The fraction of sp³-hybridized carbons (Fsp3) is 0.688. The molecule has 0 radical (unpaired) electrons. The van der Waals surface area contributed by atoms with Crippen molar-refractivity contribution in [3.63, 3.8) is 0 Å². The molecule has 3 fully saturated rings. The number of carbonyl (C=O) groups is 1. The Kier molecular flexibility index (Phi) is 3.53. The van der Waals surface area contributed by atoms with Gasteiger partial charge in [-0.15, -0.1) is 11.3 Å². The van der Waals surface area contributed by atoms with E-state index in [0.717, 1.165) is 37.4 Å². The van der Waals surface area contributed by atoms with E-state index in [0.29, 0.717) is 22.3 Å². The molecule has 1 amide bonds. The normalized spacial score (nSPS) is 36.4. The fourth-order valence-electron chi connectivity index (χ4n) is 4.60. The van der Waals surface area contributed by atoms with Crippen LogP contribution >= 0.6 is 22.9 Å². The molecule has 0 aliphatic carbocycles. The van der Waals surface area contributed by atoms with Crippen molar-refractivity contribution in [3.05, 3.63) is 21.3 Å². The zero-order valence-electron chi connectivity index (χ0n) is 12.9. The van der Waals surface area contributed by atoms with E-state index >= 15 is 0 Å². The first-order valence-corrected chi connectivity index (χ1v) is 9.05. The van der Waals surface area contributed by atoms with Gasteiger partial charge < -0.3 is 14.5 Å².